The number of amides is 2. The number of carbonyl (C=O) groups excluding carboxylic acids is 2. The van der Waals surface area contributed by atoms with Crippen molar-refractivity contribution in [3.8, 4) is 0 Å². The fourth-order valence-electron chi connectivity index (χ4n) is 3.63. The lowest BCUT2D eigenvalue weighted by Gasteiger charge is -2.30. The molecule has 2 aliphatic rings. The van der Waals surface area contributed by atoms with Crippen molar-refractivity contribution in [1.29, 1.82) is 0 Å². The maximum atomic E-state index is 13.2. The molecule has 0 saturated carbocycles. The van der Waals surface area contributed by atoms with Crippen molar-refractivity contribution in [3.05, 3.63) is 29.3 Å². The number of hydrogen-bond acceptors (Lipinski definition) is 7. The molecule has 3 atom stereocenters. The maximum Gasteiger partial charge on any atom is 0.244 e. The number of hydrogen-bond donors (Lipinski definition) is 3. The normalized spacial score (nSPS) is 23.9. The summed E-state index contributed by atoms with van der Waals surface area (Å²) in [7, 11) is -3.98. The molecule has 0 aromatic heterocycles. The molecule has 1 aromatic rings. The number of nitrogens with zero attached hydrogens (tertiary/aromatic N) is 2. The summed E-state index contributed by atoms with van der Waals surface area (Å²) in [6.45, 7) is 1.51. The quantitative estimate of drug-likeness (QED) is 0.385. The van der Waals surface area contributed by atoms with Crippen LogP contribution in [-0.2, 0) is 24.3 Å². The Hall–Kier alpha value is -1.37. The summed E-state index contributed by atoms with van der Waals surface area (Å²) in [5, 5.41) is 2.17. The number of sulfonamides is 1. The highest BCUT2D eigenvalue weighted by molar-refractivity contribution is 7.89. The molecule has 1 unspecified atom stereocenters. The SMILES string of the molecule is NC(S)CNC(=O)[C@@H]1CN(S(=O)(=O)c2ccccc2Cl)C[C@H]1C(=O)N1CCOCC1. The molecule has 2 fully saturated rings. The van der Waals surface area contributed by atoms with Gasteiger partial charge in [-0.2, -0.15) is 16.9 Å². The largest absolute Gasteiger partial charge is 0.378 e. The Bertz CT molecular complexity index is 892. The molecule has 2 heterocycles. The second kappa shape index (κ2) is 9.84. The third-order valence-corrected chi connectivity index (χ3v) is 7.72. The van der Waals surface area contributed by atoms with Gasteiger partial charge in [-0.05, 0) is 12.1 Å². The fraction of sp³-hybridized carbons (Fsp3) is 0.556. The number of halogens is 1. The van der Waals surface area contributed by atoms with Crippen LogP contribution in [0, 0.1) is 11.8 Å². The van der Waals surface area contributed by atoms with Crippen LogP contribution in [0.2, 0.25) is 5.02 Å². The van der Waals surface area contributed by atoms with Gasteiger partial charge >= 0.3 is 0 Å². The molecule has 3 N–H and O–H groups in total. The molecule has 0 bridgehead atoms. The number of thiol groups is 1. The third kappa shape index (κ3) is 5.09. The minimum atomic E-state index is -3.98. The van der Waals surface area contributed by atoms with Gasteiger partial charge < -0.3 is 20.7 Å². The van der Waals surface area contributed by atoms with Crippen molar-refractivity contribution in [2.24, 2.45) is 17.6 Å². The van der Waals surface area contributed by atoms with E-state index in [1.165, 1.54) is 12.1 Å². The average molecular weight is 477 g/mol. The fourth-order valence-corrected chi connectivity index (χ4v) is 5.70. The summed E-state index contributed by atoms with van der Waals surface area (Å²) in [5.74, 6) is -2.34. The van der Waals surface area contributed by atoms with Crippen LogP contribution in [0.3, 0.4) is 0 Å². The zero-order chi connectivity index (χ0) is 21.9. The van der Waals surface area contributed by atoms with Gasteiger partial charge in [0.1, 0.15) is 4.90 Å². The first kappa shape index (κ1) is 23.3. The van der Waals surface area contributed by atoms with E-state index < -0.39 is 33.1 Å². The van der Waals surface area contributed by atoms with Gasteiger partial charge in [-0.1, -0.05) is 23.7 Å². The van der Waals surface area contributed by atoms with Crippen LogP contribution in [0.15, 0.2) is 29.2 Å². The Morgan fingerprint density at radius 2 is 1.87 bits per heavy atom. The Balaban J connectivity index is 1.86. The number of benzene rings is 1. The summed E-state index contributed by atoms with van der Waals surface area (Å²) >= 11 is 10.1. The standard InChI is InChI=1S/C18H25ClN4O5S2/c19-14-3-1-2-4-15(14)30(26,27)23-10-12(17(24)21-9-16(20)29)13(11-23)18(25)22-5-7-28-8-6-22/h1-4,12-13,16,29H,5-11,20H2,(H,21,24)/t12-,13-,16?/m1/s1. The average Bonchev–Trinajstić information content (AvgIpc) is 3.18. The van der Waals surface area contributed by atoms with E-state index in [4.69, 9.17) is 22.1 Å². The molecule has 0 spiro atoms. The van der Waals surface area contributed by atoms with Crippen molar-refractivity contribution in [2.75, 3.05) is 45.9 Å². The van der Waals surface area contributed by atoms with Gasteiger partial charge in [-0.15, -0.1) is 0 Å². The van der Waals surface area contributed by atoms with Crippen LogP contribution in [0.5, 0.6) is 0 Å². The van der Waals surface area contributed by atoms with Gasteiger partial charge in [0.25, 0.3) is 0 Å². The highest BCUT2D eigenvalue weighted by Crippen LogP contribution is 2.33. The molecule has 9 nitrogen and oxygen atoms in total. The molecule has 2 saturated heterocycles. The van der Waals surface area contributed by atoms with Crippen LogP contribution < -0.4 is 11.1 Å². The molecule has 3 rings (SSSR count). The predicted molar refractivity (Wildman–Crippen MR) is 115 cm³/mol. The van der Waals surface area contributed by atoms with Crippen LogP contribution in [-0.4, -0.2) is 80.7 Å². The minimum Gasteiger partial charge on any atom is -0.378 e. The van der Waals surface area contributed by atoms with Crippen LogP contribution in [0.1, 0.15) is 0 Å². The smallest absolute Gasteiger partial charge is 0.244 e. The first-order valence-electron chi connectivity index (χ1n) is 9.54. The summed E-state index contributed by atoms with van der Waals surface area (Å²) in [6.07, 6.45) is 0. The zero-order valence-electron chi connectivity index (χ0n) is 16.2. The molecular formula is C18H25ClN4O5S2. The van der Waals surface area contributed by atoms with E-state index in [1.807, 2.05) is 0 Å². The van der Waals surface area contributed by atoms with E-state index in [-0.39, 0.29) is 35.5 Å². The van der Waals surface area contributed by atoms with Gasteiger partial charge in [0.15, 0.2) is 0 Å². The van der Waals surface area contributed by atoms with Gasteiger partial charge in [-0.3, -0.25) is 9.59 Å². The second-order valence-corrected chi connectivity index (χ2v) is 10.2. The lowest BCUT2D eigenvalue weighted by Crippen LogP contribution is -2.48. The number of nitrogens with two attached hydrogens (primary N) is 1. The van der Waals surface area contributed by atoms with Crippen molar-refractivity contribution in [2.45, 2.75) is 10.3 Å². The van der Waals surface area contributed by atoms with Gasteiger partial charge in [0.05, 0.1) is 35.4 Å². The van der Waals surface area contributed by atoms with Gasteiger partial charge in [0.2, 0.25) is 21.8 Å². The molecule has 0 aliphatic carbocycles. The number of nitrogens with one attached hydrogen (secondary N) is 1. The van der Waals surface area contributed by atoms with E-state index in [0.717, 1.165) is 4.31 Å². The van der Waals surface area contributed by atoms with Crippen LogP contribution in [0.25, 0.3) is 0 Å². The van der Waals surface area contributed by atoms with Crippen molar-refractivity contribution < 1.29 is 22.7 Å². The molecule has 166 valence electrons. The first-order chi connectivity index (χ1) is 14.2. The first-order valence-corrected chi connectivity index (χ1v) is 11.9. The Kier molecular flexibility index (Phi) is 7.64. The summed E-state index contributed by atoms with van der Waals surface area (Å²) in [5.41, 5.74) is 5.58. The molecule has 12 heteroatoms. The molecule has 1 aromatic carbocycles. The lowest BCUT2D eigenvalue weighted by molar-refractivity contribution is -0.143. The topological polar surface area (TPSA) is 122 Å². The highest BCUT2D eigenvalue weighted by atomic mass is 35.5. The number of ether oxygens (including phenoxy) is 1. The van der Waals surface area contributed by atoms with Crippen molar-refractivity contribution >= 4 is 46.1 Å². The Labute approximate surface area is 186 Å². The number of rotatable bonds is 6. The van der Waals surface area contributed by atoms with Crippen molar-refractivity contribution in [1.82, 2.24) is 14.5 Å². The van der Waals surface area contributed by atoms with E-state index in [0.29, 0.717) is 26.3 Å². The second-order valence-electron chi connectivity index (χ2n) is 7.22. The van der Waals surface area contributed by atoms with Gasteiger partial charge in [0, 0.05) is 32.7 Å². The van der Waals surface area contributed by atoms with E-state index in [9.17, 15) is 18.0 Å². The van der Waals surface area contributed by atoms with Crippen LogP contribution in [0.4, 0.5) is 0 Å². The third-order valence-electron chi connectivity index (χ3n) is 5.20. The van der Waals surface area contributed by atoms with Crippen LogP contribution >= 0.6 is 24.2 Å². The van der Waals surface area contributed by atoms with E-state index >= 15 is 0 Å². The molecule has 2 aliphatic heterocycles. The zero-order valence-corrected chi connectivity index (χ0v) is 18.7. The Morgan fingerprint density at radius 1 is 1.23 bits per heavy atom. The maximum absolute atomic E-state index is 13.2. The minimum absolute atomic E-state index is 0.0531. The number of carbonyl (C=O) groups is 2. The molecule has 2 amide bonds. The van der Waals surface area contributed by atoms with Gasteiger partial charge in [-0.25, -0.2) is 8.42 Å². The summed E-state index contributed by atoms with van der Waals surface area (Å²) in [4.78, 5) is 27.5. The predicted octanol–water partition coefficient (Wildman–Crippen LogP) is -0.234. The molecule has 30 heavy (non-hydrogen) atoms. The summed E-state index contributed by atoms with van der Waals surface area (Å²) < 4.78 is 32.8. The van der Waals surface area contributed by atoms with E-state index in [2.05, 4.69) is 17.9 Å². The van der Waals surface area contributed by atoms with E-state index in [1.54, 1.807) is 17.0 Å². The lowest BCUT2D eigenvalue weighted by atomic mass is 9.93. The molecular weight excluding hydrogens is 452 g/mol. The number of morpholine rings is 1. The highest BCUT2D eigenvalue weighted by Gasteiger charge is 2.47. The Morgan fingerprint density at radius 3 is 2.50 bits per heavy atom. The monoisotopic (exact) mass is 476 g/mol. The molecule has 0 radical (unpaired) electrons. The van der Waals surface area contributed by atoms with Crippen molar-refractivity contribution in [3.63, 3.8) is 0 Å². The summed E-state index contributed by atoms with van der Waals surface area (Å²) in [6, 6.07) is 6.10.